The van der Waals surface area contributed by atoms with Crippen LogP contribution >= 0.6 is 23.2 Å². The third kappa shape index (κ3) is 2.05. The fraction of sp³-hybridized carbons (Fsp3) is 0.125. The molecule has 0 amide bonds. The van der Waals surface area contributed by atoms with E-state index in [0.717, 1.165) is 0 Å². The van der Waals surface area contributed by atoms with Crippen LogP contribution in [0.25, 0.3) is 0 Å². The highest BCUT2D eigenvalue weighted by Gasteiger charge is 2.09. The van der Waals surface area contributed by atoms with Crippen molar-refractivity contribution in [1.82, 2.24) is 0 Å². The van der Waals surface area contributed by atoms with E-state index in [9.17, 15) is 0 Å². The van der Waals surface area contributed by atoms with E-state index >= 15 is 0 Å². The van der Waals surface area contributed by atoms with Gasteiger partial charge in [0.2, 0.25) is 0 Å². The molecule has 0 fully saturated rings. The van der Waals surface area contributed by atoms with Crippen LogP contribution in [0, 0.1) is 0 Å². The normalized spacial score (nSPS) is 10.7. The number of ether oxygens (including phenoxy) is 1. The minimum absolute atomic E-state index is 0.395. The molecule has 5 heteroatoms. The molecule has 70 valence electrons. The van der Waals surface area contributed by atoms with Gasteiger partial charge in [0.1, 0.15) is 5.75 Å². The molecule has 0 heterocycles. The van der Waals surface area contributed by atoms with Gasteiger partial charge in [0.05, 0.1) is 28.9 Å². The van der Waals surface area contributed by atoms with Crippen molar-refractivity contribution < 1.29 is 9.94 Å². The lowest BCUT2D eigenvalue weighted by molar-refractivity contribution is 0.321. The van der Waals surface area contributed by atoms with Gasteiger partial charge < -0.3 is 9.94 Å². The minimum Gasteiger partial charge on any atom is -0.494 e. The molecule has 0 aliphatic carbocycles. The highest BCUT2D eigenvalue weighted by atomic mass is 35.5. The van der Waals surface area contributed by atoms with E-state index in [-0.39, 0.29) is 0 Å². The van der Waals surface area contributed by atoms with Crippen LogP contribution in [-0.4, -0.2) is 18.5 Å². The molecule has 1 rings (SSSR count). The number of hydrogen-bond acceptors (Lipinski definition) is 3. The largest absolute Gasteiger partial charge is 0.494 e. The van der Waals surface area contributed by atoms with Gasteiger partial charge in [-0.1, -0.05) is 28.4 Å². The Morgan fingerprint density at radius 2 is 2.00 bits per heavy atom. The lowest BCUT2D eigenvalue weighted by atomic mass is 10.2. The SMILES string of the molecule is COc1c(Cl)ccc(Cl)c1C=NO. The molecule has 0 saturated carbocycles. The topological polar surface area (TPSA) is 41.8 Å². The second kappa shape index (κ2) is 4.35. The summed E-state index contributed by atoms with van der Waals surface area (Å²) < 4.78 is 4.99. The quantitative estimate of drug-likeness (QED) is 0.473. The van der Waals surface area contributed by atoms with Gasteiger partial charge in [0.25, 0.3) is 0 Å². The van der Waals surface area contributed by atoms with Crippen molar-refractivity contribution in [2.45, 2.75) is 0 Å². The third-order valence-corrected chi connectivity index (χ3v) is 2.11. The number of nitrogens with zero attached hydrogens (tertiary/aromatic N) is 1. The van der Waals surface area contributed by atoms with E-state index in [1.807, 2.05) is 0 Å². The Labute approximate surface area is 85.5 Å². The Hall–Kier alpha value is -0.930. The van der Waals surface area contributed by atoms with Crippen LogP contribution in [0.5, 0.6) is 5.75 Å². The standard InChI is InChI=1S/C8H7Cl2NO2/c1-13-8-5(4-11-12)6(9)2-3-7(8)10/h2-4,12H,1H3. The van der Waals surface area contributed by atoms with Gasteiger partial charge in [0, 0.05) is 0 Å². The van der Waals surface area contributed by atoms with Gasteiger partial charge in [0.15, 0.2) is 0 Å². The fourth-order valence-corrected chi connectivity index (χ4v) is 1.37. The number of benzene rings is 1. The lowest BCUT2D eigenvalue weighted by Crippen LogP contribution is -1.92. The van der Waals surface area contributed by atoms with Crippen molar-refractivity contribution in [2.75, 3.05) is 7.11 Å². The molecule has 1 N–H and O–H groups in total. The van der Waals surface area contributed by atoms with Gasteiger partial charge in [-0.2, -0.15) is 0 Å². The van der Waals surface area contributed by atoms with Crippen LogP contribution in [0.3, 0.4) is 0 Å². The zero-order valence-electron chi connectivity index (χ0n) is 6.79. The molecule has 0 unspecified atom stereocenters. The second-order valence-electron chi connectivity index (χ2n) is 2.22. The summed E-state index contributed by atoms with van der Waals surface area (Å²) in [4.78, 5) is 0. The van der Waals surface area contributed by atoms with Crippen LogP contribution < -0.4 is 4.74 Å². The van der Waals surface area contributed by atoms with Crippen LogP contribution in [0.4, 0.5) is 0 Å². The van der Waals surface area contributed by atoms with Crippen LogP contribution in [0.2, 0.25) is 10.0 Å². The summed E-state index contributed by atoms with van der Waals surface area (Å²) in [5.74, 6) is 0.395. The maximum absolute atomic E-state index is 8.37. The number of rotatable bonds is 2. The molecule has 0 saturated heterocycles. The van der Waals surface area contributed by atoms with E-state index < -0.39 is 0 Å². The average Bonchev–Trinajstić information content (AvgIpc) is 2.12. The Balaban J connectivity index is 3.34. The summed E-state index contributed by atoms with van der Waals surface area (Å²) in [6.07, 6.45) is 1.17. The number of hydrogen-bond donors (Lipinski definition) is 1. The first kappa shape index (κ1) is 10.2. The zero-order chi connectivity index (χ0) is 9.84. The monoisotopic (exact) mass is 219 g/mol. The summed E-state index contributed by atoms with van der Waals surface area (Å²) in [6, 6.07) is 3.21. The van der Waals surface area contributed by atoms with Crippen molar-refractivity contribution in [2.24, 2.45) is 5.16 Å². The predicted molar refractivity (Wildman–Crippen MR) is 52.4 cm³/mol. The first-order chi connectivity index (χ1) is 6.20. The summed E-state index contributed by atoms with van der Waals surface area (Å²) in [5, 5.41) is 12.1. The van der Waals surface area contributed by atoms with Crippen molar-refractivity contribution in [1.29, 1.82) is 0 Å². The Bertz CT molecular complexity index is 339. The lowest BCUT2D eigenvalue weighted by Gasteiger charge is -2.07. The first-order valence-corrected chi connectivity index (χ1v) is 4.15. The van der Waals surface area contributed by atoms with Crippen LogP contribution in [0.15, 0.2) is 17.3 Å². The molecule has 13 heavy (non-hydrogen) atoms. The summed E-state index contributed by atoms with van der Waals surface area (Å²) >= 11 is 11.6. The summed E-state index contributed by atoms with van der Waals surface area (Å²) in [5.41, 5.74) is 0.458. The van der Waals surface area contributed by atoms with Gasteiger partial charge in [-0.05, 0) is 12.1 Å². The van der Waals surface area contributed by atoms with Crippen molar-refractivity contribution in [3.8, 4) is 5.75 Å². The number of halogens is 2. The molecule has 0 aliphatic heterocycles. The van der Waals surface area contributed by atoms with Crippen molar-refractivity contribution in [3.05, 3.63) is 27.7 Å². The van der Waals surface area contributed by atoms with Crippen LogP contribution in [0.1, 0.15) is 5.56 Å². The third-order valence-electron chi connectivity index (χ3n) is 1.49. The molecular weight excluding hydrogens is 213 g/mol. The highest BCUT2D eigenvalue weighted by Crippen LogP contribution is 2.32. The zero-order valence-corrected chi connectivity index (χ0v) is 8.30. The Morgan fingerprint density at radius 3 is 2.54 bits per heavy atom. The van der Waals surface area contributed by atoms with E-state index in [1.165, 1.54) is 13.3 Å². The van der Waals surface area contributed by atoms with Crippen molar-refractivity contribution in [3.63, 3.8) is 0 Å². The predicted octanol–water partition coefficient (Wildman–Crippen LogP) is 2.81. The Kier molecular flexibility index (Phi) is 3.39. The maximum atomic E-state index is 8.37. The van der Waals surface area contributed by atoms with Gasteiger partial charge >= 0.3 is 0 Å². The molecule has 0 radical (unpaired) electrons. The first-order valence-electron chi connectivity index (χ1n) is 3.40. The second-order valence-corrected chi connectivity index (χ2v) is 3.04. The molecule has 1 aromatic rings. The molecule has 3 nitrogen and oxygen atoms in total. The number of oxime groups is 1. The molecule has 1 aromatic carbocycles. The highest BCUT2D eigenvalue weighted by molar-refractivity contribution is 6.36. The van der Waals surface area contributed by atoms with E-state index in [0.29, 0.717) is 21.4 Å². The molecule has 0 bridgehead atoms. The smallest absolute Gasteiger partial charge is 0.147 e. The fourth-order valence-electron chi connectivity index (χ4n) is 0.934. The maximum Gasteiger partial charge on any atom is 0.147 e. The van der Waals surface area contributed by atoms with E-state index in [2.05, 4.69) is 5.16 Å². The van der Waals surface area contributed by atoms with Crippen LogP contribution in [-0.2, 0) is 0 Å². The number of methoxy groups -OCH3 is 1. The summed E-state index contributed by atoms with van der Waals surface area (Å²) in [6.45, 7) is 0. The molecule has 0 spiro atoms. The average molecular weight is 220 g/mol. The van der Waals surface area contributed by atoms with Gasteiger partial charge in [-0.25, -0.2) is 0 Å². The van der Waals surface area contributed by atoms with E-state index in [4.69, 9.17) is 33.1 Å². The van der Waals surface area contributed by atoms with Gasteiger partial charge in [-0.3, -0.25) is 0 Å². The van der Waals surface area contributed by atoms with E-state index in [1.54, 1.807) is 12.1 Å². The minimum atomic E-state index is 0.395. The molecule has 0 aromatic heterocycles. The molecule has 0 aliphatic rings. The molecular formula is C8H7Cl2NO2. The molecule has 0 atom stereocenters. The summed E-state index contributed by atoms with van der Waals surface area (Å²) in [7, 11) is 1.46. The van der Waals surface area contributed by atoms with Gasteiger partial charge in [-0.15, -0.1) is 0 Å². The Morgan fingerprint density at radius 1 is 1.38 bits per heavy atom. The van der Waals surface area contributed by atoms with Crippen molar-refractivity contribution >= 4 is 29.4 Å².